The summed E-state index contributed by atoms with van der Waals surface area (Å²) in [6, 6.07) is 11.7. The molecule has 1 amide bonds. The van der Waals surface area contributed by atoms with Crippen molar-refractivity contribution >= 4 is 34.5 Å². The molecule has 2 aromatic rings. The second-order valence-electron chi connectivity index (χ2n) is 4.49. The second kappa shape index (κ2) is 7.17. The minimum Gasteiger partial charge on any atom is -0.393 e. The Bertz CT molecular complexity index is 567. The first-order chi connectivity index (χ1) is 9.66. The summed E-state index contributed by atoms with van der Waals surface area (Å²) in [7, 11) is 0. The molecule has 1 atom stereocenters. The highest BCUT2D eigenvalue weighted by molar-refractivity contribution is 7.80. The van der Waals surface area contributed by atoms with E-state index in [-0.39, 0.29) is 10.9 Å². The number of carbonyl (C=O) groups excluding carboxylic acids is 1. The molecule has 0 fully saturated rings. The number of nitrogens with one attached hydrogen (secondary N) is 1. The summed E-state index contributed by atoms with van der Waals surface area (Å²) in [4.78, 5) is 12.4. The number of nitrogens with two attached hydrogens (primary N) is 1. The predicted octanol–water partition coefficient (Wildman–Crippen LogP) is 2.51. The van der Waals surface area contributed by atoms with Crippen LogP contribution in [0.4, 0.5) is 0 Å². The van der Waals surface area contributed by atoms with Crippen LogP contribution in [0.2, 0.25) is 0 Å². The van der Waals surface area contributed by atoms with Gasteiger partial charge in [0.1, 0.15) is 0 Å². The summed E-state index contributed by atoms with van der Waals surface area (Å²) in [6.07, 6.45) is 0.533. The minimum atomic E-state index is -0.467. The van der Waals surface area contributed by atoms with Gasteiger partial charge in [0.15, 0.2) is 0 Å². The summed E-state index contributed by atoms with van der Waals surface area (Å²) < 4.78 is 0. The maximum absolute atomic E-state index is 12.2. The predicted molar refractivity (Wildman–Crippen MR) is 86.6 cm³/mol. The lowest BCUT2D eigenvalue weighted by Gasteiger charge is -2.15. The molecule has 3 nitrogen and oxygen atoms in total. The number of thiophene rings is 1. The van der Waals surface area contributed by atoms with E-state index < -0.39 is 5.92 Å². The first-order valence-corrected chi connectivity index (χ1v) is 7.64. The van der Waals surface area contributed by atoms with Crippen molar-refractivity contribution in [2.45, 2.75) is 13.0 Å². The number of benzene rings is 1. The average molecular weight is 304 g/mol. The minimum absolute atomic E-state index is 0.118. The lowest BCUT2D eigenvalue weighted by Crippen LogP contribution is -2.38. The van der Waals surface area contributed by atoms with Crippen LogP contribution in [0.3, 0.4) is 0 Å². The Labute approximate surface area is 127 Å². The molecule has 0 aliphatic carbocycles. The Balaban J connectivity index is 1.97. The molecule has 0 spiro atoms. The van der Waals surface area contributed by atoms with Gasteiger partial charge in [0.25, 0.3) is 0 Å². The van der Waals surface area contributed by atoms with Crippen molar-refractivity contribution in [3.05, 3.63) is 58.3 Å². The van der Waals surface area contributed by atoms with Crippen molar-refractivity contribution in [2.24, 2.45) is 11.7 Å². The summed E-state index contributed by atoms with van der Waals surface area (Å²) in [6.45, 7) is 0.510. The van der Waals surface area contributed by atoms with Gasteiger partial charge in [0, 0.05) is 6.54 Å². The van der Waals surface area contributed by atoms with Gasteiger partial charge in [0.2, 0.25) is 5.91 Å². The molecule has 0 aliphatic heterocycles. The molecule has 3 N–H and O–H groups in total. The van der Waals surface area contributed by atoms with E-state index in [0.29, 0.717) is 13.0 Å². The van der Waals surface area contributed by atoms with Crippen LogP contribution in [0.5, 0.6) is 0 Å². The Morgan fingerprint density at radius 2 is 2.00 bits per heavy atom. The van der Waals surface area contributed by atoms with Crippen LogP contribution in [0.1, 0.15) is 11.1 Å². The molecule has 1 aromatic heterocycles. The van der Waals surface area contributed by atoms with Crippen molar-refractivity contribution < 1.29 is 4.79 Å². The molecule has 0 saturated carbocycles. The van der Waals surface area contributed by atoms with E-state index in [0.717, 1.165) is 11.1 Å². The zero-order valence-electron chi connectivity index (χ0n) is 10.9. The van der Waals surface area contributed by atoms with Gasteiger partial charge in [-0.15, -0.1) is 0 Å². The van der Waals surface area contributed by atoms with E-state index in [1.54, 1.807) is 11.3 Å². The maximum atomic E-state index is 12.2. The molecule has 0 aliphatic rings. The Morgan fingerprint density at radius 3 is 2.60 bits per heavy atom. The first-order valence-electron chi connectivity index (χ1n) is 6.29. The number of hydrogen-bond donors (Lipinski definition) is 2. The Hall–Kier alpha value is -1.72. The molecule has 1 heterocycles. The van der Waals surface area contributed by atoms with Crippen LogP contribution >= 0.6 is 23.6 Å². The fraction of sp³-hybridized carbons (Fsp3) is 0.200. The van der Waals surface area contributed by atoms with Crippen LogP contribution in [0.15, 0.2) is 47.2 Å². The van der Waals surface area contributed by atoms with Crippen molar-refractivity contribution in [1.82, 2.24) is 5.32 Å². The summed E-state index contributed by atoms with van der Waals surface area (Å²) in [5, 5.41) is 6.88. The quantitative estimate of drug-likeness (QED) is 0.806. The van der Waals surface area contributed by atoms with Crippen LogP contribution in [-0.4, -0.2) is 10.9 Å². The smallest absolute Gasteiger partial charge is 0.230 e. The van der Waals surface area contributed by atoms with E-state index in [9.17, 15) is 4.79 Å². The number of hydrogen-bond acceptors (Lipinski definition) is 3. The van der Waals surface area contributed by atoms with Gasteiger partial charge in [-0.1, -0.05) is 42.5 Å². The third-order valence-corrected chi connectivity index (χ3v) is 4.01. The molecule has 104 valence electrons. The van der Waals surface area contributed by atoms with E-state index in [1.165, 1.54) is 0 Å². The maximum Gasteiger partial charge on any atom is 0.230 e. The molecule has 20 heavy (non-hydrogen) atoms. The molecule has 1 aromatic carbocycles. The van der Waals surface area contributed by atoms with Crippen molar-refractivity contribution in [3.8, 4) is 0 Å². The summed E-state index contributed by atoms with van der Waals surface area (Å²) in [5.41, 5.74) is 7.85. The molecule has 0 bridgehead atoms. The fourth-order valence-corrected chi connectivity index (χ4v) is 2.74. The Morgan fingerprint density at radius 1 is 1.25 bits per heavy atom. The number of amides is 1. The van der Waals surface area contributed by atoms with Gasteiger partial charge in [-0.2, -0.15) is 11.3 Å². The van der Waals surface area contributed by atoms with E-state index in [4.69, 9.17) is 18.0 Å². The van der Waals surface area contributed by atoms with Crippen molar-refractivity contribution in [3.63, 3.8) is 0 Å². The van der Waals surface area contributed by atoms with Crippen LogP contribution in [0.25, 0.3) is 0 Å². The number of rotatable bonds is 6. The Kier molecular flexibility index (Phi) is 5.26. The summed E-state index contributed by atoms with van der Waals surface area (Å²) in [5.74, 6) is -0.585. The lowest BCUT2D eigenvalue weighted by atomic mass is 9.98. The molecule has 0 saturated heterocycles. The van der Waals surface area contributed by atoms with Gasteiger partial charge in [-0.3, -0.25) is 4.79 Å². The summed E-state index contributed by atoms with van der Waals surface area (Å²) >= 11 is 6.63. The number of thiocarbonyl (C=S) groups is 1. The second-order valence-corrected chi connectivity index (χ2v) is 5.75. The van der Waals surface area contributed by atoms with E-state index in [1.807, 2.05) is 47.2 Å². The lowest BCUT2D eigenvalue weighted by molar-refractivity contribution is -0.123. The molecule has 5 heteroatoms. The van der Waals surface area contributed by atoms with Crippen LogP contribution in [0, 0.1) is 5.92 Å². The standard InChI is InChI=1S/C15H16N2OS2/c16-14(19)13(8-11-4-2-1-3-5-11)15(18)17-9-12-6-7-20-10-12/h1-7,10,13H,8-9H2,(H2,16,19)(H,17,18). The normalized spacial score (nSPS) is 11.8. The zero-order chi connectivity index (χ0) is 14.4. The molecular formula is C15H16N2OS2. The first kappa shape index (κ1) is 14.7. The van der Waals surface area contributed by atoms with Gasteiger partial charge < -0.3 is 11.1 Å². The number of carbonyl (C=O) groups is 1. The molecular weight excluding hydrogens is 288 g/mol. The monoisotopic (exact) mass is 304 g/mol. The van der Waals surface area contributed by atoms with E-state index >= 15 is 0 Å². The average Bonchev–Trinajstić information content (AvgIpc) is 2.96. The van der Waals surface area contributed by atoms with Crippen molar-refractivity contribution in [1.29, 1.82) is 0 Å². The highest BCUT2D eigenvalue weighted by Crippen LogP contribution is 2.11. The van der Waals surface area contributed by atoms with Crippen LogP contribution in [-0.2, 0) is 17.8 Å². The molecule has 0 radical (unpaired) electrons. The fourth-order valence-electron chi connectivity index (χ4n) is 1.88. The third-order valence-electron chi connectivity index (χ3n) is 2.99. The van der Waals surface area contributed by atoms with E-state index in [2.05, 4.69) is 5.32 Å². The van der Waals surface area contributed by atoms with Gasteiger partial charge >= 0.3 is 0 Å². The third kappa shape index (κ3) is 4.15. The zero-order valence-corrected chi connectivity index (χ0v) is 12.5. The van der Waals surface area contributed by atoms with Crippen LogP contribution < -0.4 is 11.1 Å². The largest absolute Gasteiger partial charge is 0.393 e. The van der Waals surface area contributed by atoms with Gasteiger partial charge in [0.05, 0.1) is 10.9 Å². The van der Waals surface area contributed by atoms with Gasteiger partial charge in [-0.05, 0) is 34.4 Å². The van der Waals surface area contributed by atoms with Crippen molar-refractivity contribution in [2.75, 3.05) is 0 Å². The topological polar surface area (TPSA) is 55.1 Å². The SMILES string of the molecule is NC(=S)C(Cc1ccccc1)C(=O)NCc1ccsc1. The highest BCUT2D eigenvalue weighted by atomic mass is 32.1. The molecule has 1 unspecified atom stereocenters. The molecule has 2 rings (SSSR count). The van der Waals surface area contributed by atoms with Gasteiger partial charge in [-0.25, -0.2) is 0 Å². The highest BCUT2D eigenvalue weighted by Gasteiger charge is 2.21.